The van der Waals surface area contributed by atoms with Gasteiger partial charge in [0.05, 0.1) is 0 Å². The second-order valence-electron chi connectivity index (χ2n) is 6.47. The van der Waals surface area contributed by atoms with Crippen LogP contribution in [-0.2, 0) is 0 Å². The van der Waals surface area contributed by atoms with Gasteiger partial charge in [0.15, 0.2) is 0 Å². The average molecular weight is 226 g/mol. The Kier molecular flexibility index (Phi) is 8.14. The molecule has 0 saturated carbocycles. The summed E-state index contributed by atoms with van der Waals surface area (Å²) in [6, 6.07) is 0. The molecular formula is C16H34. The molecule has 0 bridgehead atoms. The van der Waals surface area contributed by atoms with Gasteiger partial charge >= 0.3 is 0 Å². The third-order valence-electron chi connectivity index (χ3n) is 4.26. The second-order valence-corrected chi connectivity index (χ2v) is 6.47. The van der Waals surface area contributed by atoms with Crippen LogP contribution in [0.15, 0.2) is 0 Å². The molecule has 0 aliphatic carbocycles. The van der Waals surface area contributed by atoms with Gasteiger partial charge in [-0.05, 0) is 23.7 Å². The van der Waals surface area contributed by atoms with E-state index >= 15 is 0 Å². The van der Waals surface area contributed by atoms with E-state index in [9.17, 15) is 0 Å². The van der Waals surface area contributed by atoms with E-state index < -0.39 is 0 Å². The highest BCUT2D eigenvalue weighted by molar-refractivity contribution is 4.73. The molecule has 0 heterocycles. The van der Waals surface area contributed by atoms with Crippen LogP contribution in [0.4, 0.5) is 0 Å². The van der Waals surface area contributed by atoms with E-state index in [1.54, 1.807) is 0 Å². The molecule has 0 amide bonds. The van der Waals surface area contributed by atoms with Gasteiger partial charge in [0.1, 0.15) is 0 Å². The van der Waals surface area contributed by atoms with Crippen molar-refractivity contribution in [3.63, 3.8) is 0 Å². The fourth-order valence-corrected chi connectivity index (χ4v) is 2.41. The molecule has 0 aromatic carbocycles. The van der Waals surface area contributed by atoms with Crippen molar-refractivity contribution < 1.29 is 0 Å². The van der Waals surface area contributed by atoms with Gasteiger partial charge in [-0.1, -0.05) is 80.1 Å². The predicted octanol–water partition coefficient (Wildman–Crippen LogP) is 6.06. The first kappa shape index (κ1) is 16.0. The maximum absolute atomic E-state index is 2.43. The first-order valence-electron chi connectivity index (χ1n) is 7.45. The molecule has 0 nitrogen and oxygen atoms in total. The topological polar surface area (TPSA) is 0 Å². The highest BCUT2D eigenvalue weighted by Gasteiger charge is 2.21. The zero-order chi connectivity index (χ0) is 12.6. The molecule has 0 spiro atoms. The Hall–Kier alpha value is 0. The Labute approximate surface area is 104 Å². The minimum Gasteiger partial charge on any atom is -0.0654 e. The van der Waals surface area contributed by atoms with E-state index in [1.807, 2.05) is 0 Å². The molecule has 0 rings (SSSR count). The lowest BCUT2D eigenvalue weighted by Gasteiger charge is -2.29. The first-order chi connectivity index (χ1) is 7.45. The van der Waals surface area contributed by atoms with Gasteiger partial charge in [0.25, 0.3) is 0 Å². The van der Waals surface area contributed by atoms with Gasteiger partial charge in [-0.25, -0.2) is 0 Å². The van der Waals surface area contributed by atoms with Gasteiger partial charge in [0, 0.05) is 0 Å². The van der Waals surface area contributed by atoms with E-state index in [2.05, 4.69) is 41.5 Å². The largest absolute Gasteiger partial charge is 0.0654 e. The van der Waals surface area contributed by atoms with Gasteiger partial charge < -0.3 is 0 Å². The van der Waals surface area contributed by atoms with E-state index in [0.717, 1.165) is 11.8 Å². The highest BCUT2D eigenvalue weighted by Crippen LogP contribution is 2.34. The standard InChI is InChI=1S/C16H34/c1-7-10-15(12-11-14(4)8-2)13-16(5,6)9-3/h14-15H,7-13H2,1-6H3. The van der Waals surface area contributed by atoms with Gasteiger partial charge in [-0.3, -0.25) is 0 Å². The van der Waals surface area contributed by atoms with Crippen LogP contribution in [0.25, 0.3) is 0 Å². The van der Waals surface area contributed by atoms with Crippen LogP contribution in [-0.4, -0.2) is 0 Å². The summed E-state index contributed by atoms with van der Waals surface area (Å²) in [5.74, 6) is 1.89. The molecule has 0 aliphatic rings. The molecule has 0 aromatic rings. The minimum absolute atomic E-state index is 0.551. The van der Waals surface area contributed by atoms with Gasteiger partial charge in [0.2, 0.25) is 0 Å². The monoisotopic (exact) mass is 226 g/mol. The van der Waals surface area contributed by atoms with Crippen LogP contribution < -0.4 is 0 Å². The summed E-state index contributed by atoms with van der Waals surface area (Å²) in [5, 5.41) is 0. The van der Waals surface area contributed by atoms with Crippen molar-refractivity contribution in [3.8, 4) is 0 Å². The van der Waals surface area contributed by atoms with Crippen molar-refractivity contribution in [2.24, 2.45) is 17.3 Å². The molecule has 0 saturated heterocycles. The lowest BCUT2D eigenvalue weighted by Crippen LogP contribution is -2.16. The van der Waals surface area contributed by atoms with E-state index in [1.165, 1.54) is 44.9 Å². The van der Waals surface area contributed by atoms with Crippen LogP contribution in [0, 0.1) is 17.3 Å². The Bertz CT molecular complexity index is 157. The number of hydrogen-bond acceptors (Lipinski definition) is 0. The smallest absolute Gasteiger partial charge is 0.0354 e. The summed E-state index contributed by atoms with van der Waals surface area (Å²) in [5.41, 5.74) is 0.551. The molecule has 0 aromatic heterocycles. The number of rotatable bonds is 9. The summed E-state index contributed by atoms with van der Waals surface area (Å²) in [6.45, 7) is 14.2. The van der Waals surface area contributed by atoms with Crippen LogP contribution >= 0.6 is 0 Å². The molecule has 0 aliphatic heterocycles. The van der Waals surface area contributed by atoms with Crippen LogP contribution in [0.3, 0.4) is 0 Å². The van der Waals surface area contributed by atoms with Crippen molar-refractivity contribution in [2.75, 3.05) is 0 Å². The maximum atomic E-state index is 2.43. The fraction of sp³-hybridized carbons (Fsp3) is 1.00. The quantitative estimate of drug-likeness (QED) is 0.448. The molecule has 16 heavy (non-hydrogen) atoms. The third-order valence-corrected chi connectivity index (χ3v) is 4.26. The summed E-state index contributed by atoms with van der Waals surface area (Å²) in [4.78, 5) is 0. The lowest BCUT2D eigenvalue weighted by molar-refractivity contribution is 0.228. The Morgan fingerprint density at radius 2 is 1.56 bits per heavy atom. The van der Waals surface area contributed by atoms with Crippen LogP contribution in [0.5, 0.6) is 0 Å². The zero-order valence-electron chi connectivity index (χ0n) is 12.6. The minimum atomic E-state index is 0.551. The molecule has 2 unspecified atom stereocenters. The zero-order valence-corrected chi connectivity index (χ0v) is 12.6. The highest BCUT2D eigenvalue weighted by atomic mass is 14.3. The molecule has 0 N–H and O–H groups in total. The molecule has 0 heteroatoms. The first-order valence-corrected chi connectivity index (χ1v) is 7.45. The van der Waals surface area contributed by atoms with Crippen molar-refractivity contribution >= 4 is 0 Å². The fourth-order valence-electron chi connectivity index (χ4n) is 2.41. The second kappa shape index (κ2) is 8.14. The van der Waals surface area contributed by atoms with E-state index in [4.69, 9.17) is 0 Å². The van der Waals surface area contributed by atoms with Crippen molar-refractivity contribution in [3.05, 3.63) is 0 Å². The van der Waals surface area contributed by atoms with E-state index in [-0.39, 0.29) is 0 Å². The van der Waals surface area contributed by atoms with Gasteiger partial charge in [-0.15, -0.1) is 0 Å². The summed E-state index contributed by atoms with van der Waals surface area (Å²) in [6.07, 6.45) is 9.75. The van der Waals surface area contributed by atoms with Crippen molar-refractivity contribution in [1.29, 1.82) is 0 Å². The van der Waals surface area contributed by atoms with E-state index in [0.29, 0.717) is 5.41 Å². The normalized spacial score (nSPS) is 16.1. The SMILES string of the molecule is CCCC(CCC(C)CC)CC(C)(C)CC. The van der Waals surface area contributed by atoms with Gasteiger partial charge in [-0.2, -0.15) is 0 Å². The number of hydrogen-bond donors (Lipinski definition) is 0. The Morgan fingerprint density at radius 1 is 0.938 bits per heavy atom. The third kappa shape index (κ3) is 7.30. The average Bonchev–Trinajstić information content (AvgIpc) is 2.25. The molecule has 0 radical (unpaired) electrons. The van der Waals surface area contributed by atoms with Crippen LogP contribution in [0.2, 0.25) is 0 Å². The molecule has 0 fully saturated rings. The summed E-state index contributed by atoms with van der Waals surface area (Å²) in [7, 11) is 0. The Morgan fingerprint density at radius 3 is 2.00 bits per heavy atom. The molecular weight excluding hydrogens is 192 g/mol. The van der Waals surface area contributed by atoms with Crippen molar-refractivity contribution in [1.82, 2.24) is 0 Å². The molecule has 98 valence electrons. The van der Waals surface area contributed by atoms with Crippen molar-refractivity contribution in [2.45, 2.75) is 86.5 Å². The van der Waals surface area contributed by atoms with Crippen LogP contribution in [0.1, 0.15) is 86.5 Å². The predicted molar refractivity (Wildman–Crippen MR) is 75.8 cm³/mol. The lowest BCUT2D eigenvalue weighted by atomic mass is 9.77. The summed E-state index contributed by atoms with van der Waals surface area (Å²) < 4.78 is 0. The summed E-state index contributed by atoms with van der Waals surface area (Å²) >= 11 is 0. The maximum Gasteiger partial charge on any atom is -0.0354 e. The Balaban J connectivity index is 4.06. The molecule has 2 atom stereocenters.